The number of fused-ring (bicyclic) bond motifs is 1. The van der Waals surface area contributed by atoms with Crippen LogP contribution in [0.5, 0.6) is 0 Å². The van der Waals surface area contributed by atoms with Gasteiger partial charge in [-0.3, -0.25) is 9.59 Å². The van der Waals surface area contributed by atoms with Crippen molar-refractivity contribution in [2.24, 2.45) is 11.3 Å². The molecule has 0 N–H and O–H groups in total. The normalized spacial score (nSPS) is 24.6. The predicted octanol–water partition coefficient (Wildman–Crippen LogP) is 9.37. The van der Waals surface area contributed by atoms with Crippen molar-refractivity contribution in [1.82, 2.24) is 0 Å². The molecule has 64 heavy (non-hydrogen) atoms. The Bertz CT molecular complexity index is 2300. The zero-order valence-corrected chi connectivity index (χ0v) is 41.7. The summed E-state index contributed by atoms with van der Waals surface area (Å²) >= 11 is 0. The Morgan fingerprint density at radius 1 is 0.750 bits per heavy atom. The number of methoxy groups -OCH3 is 1. The molecule has 0 amide bonds. The molecule has 4 aliphatic rings. The zero-order valence-electron chi connectivity index (χ0n) is 39.7. The summed E-state index contributed by atoms with van der Waals surface area (Å²) in [6.45, 7) is 20.2. The van der Waals surface area contributed by atoms with Gasteiger partial charge in [-0.2, -0.15) is 0 Å². The van der Waals surface area contributed by atoms with E-state index in [-0.39, 0.29) is 27.9 Å². The van der Waals surface area contributed by atoms with Gasteiger partial charge >= 0.3 is 5.97 Å². The minimum absolute atomic E-state index is 0.108. The Labute approximate surface area is 383 Å². The lowest BCUT2D eigenvalue weighted by Gasteiger charge is -2.48. The largest absolute Gasteiger partial charge is 0.493 e. The van der Waals surface area contributed by atoms with Crippen molar-refractivity contribution in [2.75, 3.05) is 13.7 Å². The van der Waals surface area contributed by atoms with Crippen molar-refractivity contribution in [2.45, 2.75) is 135 Å². The van der Waals surface area contributed by atoms with Gasteiger partial charge in [0.05, 0.1) is 19.3 Å². The second-order valence-corrected chi connectivity index (χ2v) is 29.7. The molecule has 2 fully saturated rings. The number of allylic oxidation sites excluding steroid dienone is 1. The molecule has 2 heterocycles. The maximum absolute atomic E-state index is 15.1. The van der Waals surface area contributed by atoms with Gasteiger partial charge < -0.3 is 23.1 Å². The fraction of sp³-hybridized carbons (Fsp3) is 0.455. The Morgan fingerprint density at radius 3 is 1.69 bits per heavy atom. The number of benzene rings is 4. The molecule has 7 nitrogen and oxygen atoms in total. The minimum Gasteiger partial charge on any atom is -0.493 e. The van der Waals surface area contributed by atoms with Gasteiger partial charge in [-0.05, 0) is 74.4 Å². The Balaban J connectivity index is 1.12. The van der Waals surface area contributed by atoms with Crippen LogP contribution in [0.2, 0.25) is 10.1 Å². The van der Waals surface area contributed by atoms with Gasteiger partial charge in [-0.1, -0.05) is 177 Å². The topological polar surface area (TPSA) is 80.3 Å². The molecule has 2 aliphatic heterocycles. The lowest BCUT2D eigenvalue weighted by atomic mass is 9.64. The molecule has 9 heteroatoms. The van der Waals surface area contributed by atoms with Gasteiger partial charge in [0.2, 0.25) is 5.78 Å². The van der Waals surface area contributed by atoms with Gasteiger partial charge in [0.15, 0.2) is 11.9 Å². The van der Waals surface area contributed by atoms with E-state index in [1.165, 1.54) is 27.7 Å². The molecule has 2 aliphatic carbocycles. The smallest absolute Gasteiger partial charge is 0.303 e. The molecule has 4 aromatic rings. The van der Waals surface area contributed by atoms with E-state index in [0.717, 1.165) is 30.4 Å². The molecule has 338 valence electrons. The molecule has 2 bridgehead atoms. The first-order valence-corrected chi connectivity index (χ1v) is 27.2. The van der Waals surface area contributed by atoms with Crippen LogP contribution in [-0.2, 0) is 32.7 Å². The van der Waals surface area contributed by atoms with Crippen molar-refractivity contribution in [3.8, 4) is 0 Å². The van der Waals surface area contributed by atoms with Crippen molar-refractivity contribution in [3.63, 3.8) is 0 Å². The summed E-state index contributed by atoms with van der Waals surface area (Å²) in [4.78, 5) is 28.4. The van der Waals surface area contributed by atoms with Gasteiger partial charge in [0.1, 0.15) is 5.60 Å². The SMILES string of the molecule is COC1=C2C(C)(C)[C@H]3O[C@@]2(C[C@@H]3O[Si](c2ccccc2)(c2ccccc2)C(C)(C)C)[C@@H](OC(C)=O)C2=C(C[C@@H](CCCO[Si](c3ccccc3)(c3ccccc3)C(C)(C)C)CC2)C1=O. The van der Waals surface area contributed by atoms with Crippen LogP contribution in [0.1, 0.15) is 101 Å². The van der Waals surface area contributed by atoms with Crippen LogP contribution in [0.15, 0.2) is 144 Å². The number of hydrogen-bond donors (Lipinski definition) is 0. The lowest BCUT2D eigenvalue weighted by molar-refractivity contribution is -0.156. The molecule has 5 atom stereocenters. The standard InChI is InChI=1S/C55H68O7Si2/c1-38(56)60-50-44-34-33-39(24-23-35-59-63(52(2,3)4,40-25-15-11-16-26-40)41-27-17-12-18-28-41)36-45(44)47(57)48(58-10)49-54(8,9)51-46(37-55(49,50)61-51)62-64(53(5,6)7,42-29-19-13-20-30-42)43-31-21-14-22-32-43/h11-22,25-32,39,46,50-51H,23-24,33-37H2,1-10H3/t39-,46-,50-,51-,55+/m0/s1. The van der Waals surface area contributed by atoms with Crippen LogP contribution in [0.25, 0.3) is 0 Å². The van der Waals surface area contributed by atoms with Crippen LogP contribution in [0, 0.1) is 11.3 Å². The molecule has 0 aromatic heterocycles. The van der Waals surface area contributed by atoms with E-state index >= 15 is 4.79 Å². The van der Waals surface area contributed by atoms with Crippen molar-refractivity contribution >= 4 is 49.1 Å². The molecule has 8 rings (SSSR count). The second-order valence-electron chi connectivity index (χ2n) is 21.2. The number of ketones is 1. The average molecular weight is 897 g/mol. The second kappa shape index (κ2) is 17.4. The molecule has 0 saturated carbocycles. The molecule has 0 unspecified atom stereocenters. The molecule has 0 radical (unpaired) electrons. The Morgan fingerprint density at radius 2 is 1.23 bits per heavy atom. The van der Waals surface area contributed by atoms with Crippen LogP contribution in [0.4, 0.5) is 0 Å². The maximum atomic E-state index is 15.1. The third-order valence-corrected chi connectivity index (χ3v) is 24.9. The fourth-order valence-corrected chi connectivity index (χ4v) is 21.5. The first-order chi connectivity index (χ1) is 30.4. The Kier molecular flexibility index (Phi) is 12.6. The lowest BCUT2D eigenvalue weighted by Crippen LogP contribution is -2.69. The third kappa shape index (κ3) is 7.63. The summed E-state index contributed by atoms with van der Waals surface area (Å²) in [5.41, 5.74) is 0.545. The zero-order chi connectivity index (χ0) is 45.7. The number of carbonyl (C=O) groups excluding carboxylic acids is 2. The highest BCUT2D eigenvalue weighted by Crippen LogP contribution is 2.64. The number of esters is 1. The van der Waals surface area contributed by atoms with Crippen LogP contribution in [0.3, 0.4) is 0 Å². The summed E-state index contributed by atoms with van der Waals surface area (Å²) in [6.07, 6.45) is 2.70. The maximum Gasteiger partial charge on any atom is 0.303 e. The first kappa shape index (κ1) is 46.2. The monoisotopic (exact) mass is 896 g/mol. The summed E-state index contributed by atoms with van der Waals surface area (Å²) in [5.74, 6) is 0.0684. The van der Waals surface area contributed by atoms with Gasteiger partial charge in [0, 0.05) is 36.5 Å². The van der Waals surface area contributed by atoms with E-state index in [1.807, 2.05) is 0 Å². The molecular weight excluding hydrogens is 829 g/mol. The van der Waals surface area contributed by atoms with Crippen molar-refractivity contribution < 1.29 is 32.7 Å². The fourth-order valence-electron chi connectivity index (χ4n) is 12.2. The predicted molar refractivity (Wildman–Crippen MR) is 260 cm³/mol. The number of rotatable bonds is 13. The molecule has 4 aromatic carbocycles. The van der Waals surface area contributed by atoms with Gasteiger partial charge in [-0.25, -0.2) is 0 Å². The first-order valence-electron chi connectivity index (χ1n) is 23.4. The van der Waals surface area contributed by atoms with E-state index in [2.05, 4.69) is 177 Å². The number of Topliss-reactive ketones (excluding diaryl/α,β-unsaturated/α-hetero) is 1. The highest BCUT2D eigenvalue weighted by molar-refractivity contribution is 7.00. The van der Waals surface area contributed by atoms with Crippen molar-refractivity contribution in [3.05, 3.63) is 144 Å². The van der Waals surface area contributed by atoms with E-state index in [9.17, 15) is 4.79 Å². The average Bonchev–Trinajstić information content (AvgIpc) is 3.74. The quantitative estimate of drug-likeness (QED) is 0.0752. The van der Waals surface area contributed by atoms with Crippen LogP contribution < -0.4 is 20.7 Å². The van der Waals surface area contributed by atoms with E-state index < -0.39 is 45.8 Å². The Hall–Kier alpha value is -4.39. The summed E-state index contributed by atoms with van der Waals surface area (Å²) < 4.78 is 35.2. The minimum atomic E-state index is -3.02. The summed E-state index contributed by atoms with van der Waals surface area (Å²) in [6, 6.07) is 42.9. The highest BCUT2D eigenvalue weighted by Gasteiger charge is 2.72. The summed E-state index contributed by atoms with van der Waals surface area (Å²) in [5, 5.41) is 4.54. The van der Waals surface area contributed by atoms with E-state index in [1.54, 1.807) is 7.11 Å². The third-order valence-electron chi connectivity index (χ3n) is 14.8. The van der Waals surface area contributed by atoms with Gasteiger partial charge in [-0.15, -0.1) is 0 Å². The number of carbonyl (C=O) groups is 2. The summed E-state index contributed by atoms with van der Waals surface area (Å²) in [7, 11) is -4.11. The molecule has 1 spiro atoms. The van der Waals surface area contributed by atoms with Crippen molar-refractivity contribution in [1.29, 1.82) is 0 Å². The number of ether oxygens (including phenoxy) is 3. The number of hydrogen-bond acceptors (Lipinski definition) is 7. The van der Waals surface area contributed by atoms with E-state index in [4.69, 9.17) is 23.1 Å². The van der Waals surface area contributed by atoms with E-state index in [0.29, 0.717) is 37.2 Å². The van der Waals surface area contributed by atoms with Crippen LogP contribution >= 0.6 is 0 Å². The molecular formula is C55H68O7Si2. The highest BCUT2D eigenvalue weighted by atomic mass is 28.4. The van der Waals surface area contributed by atoms with Crippen LogP contribution in [-0.4, -0.2) is 66.0 Å². The molecule has 2 saturated heterocycles. The van der Waals surface area contributed by atoms with Gasteiger partial charge in [0.25, 0.3) is 16.6 Å².